The van der Waals surface area contributed by atoms with Crippen LogP contribution in [0.1, 0.15) is 5.56 Å². The summed E-state index contributed by atoms with van der Waals surface area (Å²) in [6, 6.07) is 13.1. The van der Waals surface area contributed by atoms with Gasteiger partial charge >= 0.3 is 0 Å². The van der Waals surface area contributed by atoms with Crippen LogP contribution in [0.15, 0.2) is 48.8 Å². The van der Waals surface area contributed by atoms with Crippen LogP contribution in [-0.4, -0.2) is 41.2 Å². The molecule has 5 nitrogen and oxygen atoms in total. The van der Waals surface area contributed by atoms with Crippen molar-refractivity contribution in [3.05, 3.63) is 60.2 Å². The van der Waals surface area contributed by atoms with Crippen LogP contribution >= 0.6 is 0 Å². The van der Waals surface area contributed by atoms with Gasteiger partial charge < -0.3 is 10.1 Å². The number of fused-ring (bicyclic) bond motifs is 1. The van der Waals surface area contributed by atoms with Crippen molar-refractivity contribution in [1.29, 1.82) is 0 Å². The monoisotopic (exact) mass is 338 g/mol. The van der Waals surface area contributed by atoms with Gasteiger partial charge in [-0.25, -0.2) is 14.4 Å². The minimum absolute atomic E-state index is 0.324. The summed E-state index contributed by atoms with van der Waals surface area (Å²) in [6.45, 7) is 4.37. The Morgan fingerprint density at radius 2 is 1.92 bits per heavy atom. The first-order valence-electron chi connectivity index (χ1n) is 8.35. The molecule has 1 aromatic heterocycles. The van der Waals surface area contributed by atoms with E-state index in [1.807, 2.05) is 18.2 Å². The number of halogens is 1. The van der Waals surface area contributed by atoms with Gasteiger partial charge in [-0.1, -0.05) is 18.2 Å². The van der Waals surface area contributed by atoms with Crippen LogP contribution in [-0.2, 0) is 11.3 Å². The lowest BCUT2D eigenvalue weighted by molar-refractivity contribution is 0.0342. The summed E-state index contributed by atoms with van der Waals surface area (Å²) in [5.74, 6) is 0.261. The zero-order valence-corrected chi connectivity index (χ0v) is 13.8. The molecule has 25 heavy (non-hydrogen) atoms. The molecule has 4 rings (SSSR count). The number of morpholine rings is 1. The Kier molecular flexibility index (Phi) is 4.54. The third-order valence-electron chi connectivity index (χ3n) is 4.32. The molecule has 0 spiro atoms. The molecule has 2 aromatic carbocycles. The molecular formula is C19H19FN4O. The minimum atomic E-state index is -0.344. The summed E-state index contributed by atoms with van der Waals surface area (Å²) in [5.41, 5.74) is 2.47. The van der Waals surface area contributed by atoms with E-state index >= 15 is 0 Å². The molecule has 0 radical (unpaired) electrons. The first kappa shape index (κ1) is 15.9. The Balaban J connectivity index is 1.57. The third-order valence-corrected chi connectivity index (χ3v) is 4.32. The number of hydrogen-bond acceptors (Lipinski definition) is 5. The van der Waals surface area contributed by atoms with Gasteiger partial charge in [-0.3, -0.25) is 4.90 Å². The van der Waals surface area contributed by atoms with E-state index in [4.69, 9.17) is 4.74 Å². The van der Waals surface area contributed by atoms with Gasteiger partial charge in [0.2, 0.25) is 0 Å². The smallest absolute Gasteiger partial charge is 0.149 e. The standard InChI is InChI=1S/C19H19FN4O/c20-17-6-2-5-16-18(17)21-13-22-19(16)23-15-4-1-3-14(11-15)12-24-7-9-25-10-8-24/h1-6,11,13H,7-10,12H2,(H,21,22,23). The molecule has 0 unspecified atom stereocenters. The van der Waals surface area contributed by atoms with Crippen LogP contribution in [0.25, 0.3) is 10.9 Å². The molecule has 1 fully saturated rings. The maximum absolute atomic E-state index is 13.9. The number of nitrogens with zero attached hydrogens (tertiary/aromatic N) is 3. The van der Waals surface area contributed by atoms with Crippen LogP contribution in [0.2, 0.25) is 0 Å². The highest BCUT2D eigenvalue weighted by atomic mass is 19.1. The van der Waals surface area contributed by atoms with Crippen LogP contribution in [0, 0.1) is 5.82 Å². The van der Waals surface area contributed by atoms with Crippen molar-refractivity contribution in [3.63, 3.8) is 0 Å². The molecule has 1 aliphatic rings. The molecule has 6 heteroatoms. The number of nitrogens with one attached hydrogen (secondary N) is 1. The number of ether oxygens (including phenoxy) is 1. The lowest BCUT2D eigenvalue weighted by Crippen LogP contribution is -2.35. The van der Waals surface area contributed by atoms with E-state index in [1.165, 1.54) is 18.0 Å². The highest BCUT2D eigenvalue weighted by molar-refractivity contribution is 5.90. The van der Waals surface area contributed by atoms with Crippen molar-refractivity contribution in [2.45, 2.75) is 6.54 Å². The largest absolute Gasteiger partial charge is 0.379 e. The van der Waals surface area contributed by atoms with Gasteiger partial charge in [0.1, 0.15) is 23.5 Å². The molecule has 0 aliphatic carbocycles. The predicted molar refractivity (Wildman–Crippen MR) is 95.3 cm³/mol. The number of rotatable bonds is 4. The van der Waals surface area contributed by atoms with Gasteiger partial charge in [-0.15, -0.1) is 0 Å². The fourth-order valence-corrected chi connectivity index (χ4v) is 3.05. The van der Waals surface area contributed by atoms with Gasteiger partial charge in [0.15, 0.2) is 0 Å². The van der Waals surface area contributed by atoms with Crippen molar-refractivity contribution in [3.8, 4) is 0 Å². The second-order valence-corrected chi connectivity index (χ2v) is 6.07. The van der Waals surface area contributed by atoms with E-state index in [9.17, 15) is 4.39 Å². The lowest BCUT2D eigenvalue weighted by atomic mass is 10.1. The average molecular weight is 338 g/mol. The van der Waals surface area contributed by atoms with E-state index in [2.05, 4.69) is 32.3 Å². The highest BCUT2D eigenvalue weighted by Gasteiger charge is 2.11. The Hall–Kier alpha value is -2.57. The molecule has 0 bridgehead atoms. The van der Waals surface area contributed by atoms with Crippen molar-refractivity contribution >= 4 is 22.4 Å². The number of para-hydroxylation sites is 1. The molecule has 1 saturated heterocycles. The first-order chi connectivity index (χ1) is 12.3. The van der Waals surface area contributed by atoms with Crippen molar-refractivity contribution in [1.82, 2.24) is 14.9 Å². The SMILES string of the molecule is Fc1cccc2c(Nc3cccc(CN4CCOCC4)c3)ncnc12. The lowest BCUT2D eigenvalue weighted by Gasteiger charge is -2.26. The Labute approximate surface area is 145 Å². The van der Waals surface area contributed by atoms with Gasteiger partial charge in [0, 0.05) is 30.7 Å². The topological polar surface area (TPSA) is 50.3 Å². The zero-order chi connectivity index (χ0) is 17.1. The molecule has 0 saturated carbocycles. The minimum Gasteiger partial charge on any atom is -0.379 e. The maximum Gasteiger partial charge on any atom is 0.149 e. The van der Waals surface area contributed by atoms with Crippen LogP contribution in [0.4, 0.5) is 15.9 Å². The van der Waals surface area contributed by atoms with Gasteiger partial charge in [0.25, 0.3) is 0 Å². The van der Waals surface area contributed by atoms with E-state index in [0.717, 1.165) is 38.5 Å². The number of aromatic nitrogens is 2. The molecule has 1 aliphatic heterocycles. The van der Waals surface area contributed by atoms with Gasteiger partial charge in [0.05, 0.1) is 13.2 Å². The average Bonchev–Trinajstić information content (AvgIpc) is 2.64. The van der Waals surface area contributed by atoms with Crippen LogP contribution in [0.5, 0.6) is 0 Å². The number of hydrogen-bond donors (Lipinski definition) is 1. The van der Waals surface area contributed by atoms with Crippen molar-refractivity contribution in [2.75, 3.05) is 31.6 Å². The molecule has 0 amide bonds. The number of benzene rings is 2. The fraction of sp³-hybridized carbons (Fsp3) is 0.263. The van der Waals surface area contributed by atoms with E-state index in [1.54, 1.807) is 6.07 Å². The van der Waals surface area contributed by atoms with E-state index < -0.39 is 0 Å². The molecule has 128 valence electrons. The molecule has 0 atom stereocenters. The normalized spacial score (nSPS) is 15.4. The third kappa shape index (κ3) is 3.60. The van der Waals surface area contributed by atoms with Gasteiger partial charge in [-0.05, 0) is 29.8 Å². The van der Waals surface area contributed by atoms with Crippen LogP contribution in [0.3, 0.4) is 0 Å². The molecular weight excluding hydrogens is 319 g/mol. The molecule has 1 N–H and O–H groups in total. The maximum atomic E-state index is 13.9. The summed E-state index contributed by atoms with van der Waals surface area (Å²) in [4.78, 5) is 10.7. The van der Waals surface area contributed by atoms with Crippen LogP contribution < -0.4 is 5.32 Å². The van der Waals surface area contributed by atoms with Crippen molar-refractivity contribution < 1.29 is 9.13 Å². The number of anilines is 2. The Morgan fingerprint density at radius 3 is 2.80 bits per heavy atom. The summed E-state index contributed by atoms with van der Waals surface area (Å²) >= 11 is 0. The predicted octanol–water partition coefficient (Wildman–Crippen LogP) is 3.34. The Bertz CT molecular complexity index is 880. The first-order valence-corrected chi connectivity index (χ1v) is 8.35. The quantitative estimate of drug-likeness (QED) is 0.791. The fourth-order valence-electron chi connectivity index (χ4n) is 3.05. The second kappa shape index (κ2) is 7.13. The van der Waals surface area contributed by atoms with E-state index in [-0.39, 0.29) is 5.82 Å². The molecule has 3 aromatic rings. The van der Waals surface area contributed by atoms with E-state index in [0.29, 0.717) is 16.7 Å². The molecule has 2 heterocycles. The second-order valence-electron chi connectivity index (χ2n) is 6.07. The van der Waals surface area contributed by atoms with Gasteiger partial charge in [-0.2, -0.15) is 0 Å². The Morgan fingerprint density at radius 1 is 1.08 bits per heavy atom. The van der Waals surface area contributed by atoms with Crippen molar-refractivity contribution in [2.24, 2.45) is 0 Å². The zero-order valence-electron chi connectivity index (χ0n) is 13.8. The summed E-state index contributed by atoms with van der Waals surface area (Å²) in [5, 5.41) is 3.96. The highest BCUT2D eigenvalue weighted by Crippen LogP contribution is 2.25. The summed E-state index contributed by atoms with van der Waals surface area (Å²) < 4.78 is 19.3. The summed E-state index contributed by atoms with van der Waals surface area (Å²) in [7, 11) is 0. The summed E-state index contributed by atoms with van der Waals surface area (Å²) in [6.07, 6.45) is 1.38.